The Balaban J connectivity index is 2.46. The van der Waals surface area contributed by atoms with Crippen molar-refractivity contribution in [3.05, 3.63) is 0 Å². The quantitative estimate of drug-likeness (QED) is 0.497. The molecule has 0 bridgehead atoms. The van der Waals surface area contributed by atoms with Gasteiger partial charge in [0.15, 0.2) is 0 Å². The summed E-state index contributed by atoms with van der Waals surface area (Å²) in [7, 11) is 1.85. The van der Waals surface area contributed by atoms with Crippen LogP contribution in [-0.2, 0) is 4.79 Å². The maximum atomic E-state index is 10.8. The standard InChI is InChI=1S/C7H14N2O2/c1-6(10)9-4-3-8(2)7(11)5-9/h7,11H,3-5H2,1-2H3. The normalized spacial score (nSPS) is 27.2. The molecule has 0 aromatic rings. The molecule has 4 nitrogen and oxygen atoms in total. The third kappa shape index (κ3) is 1.91. The van der Waals surface area contributed by atoms with Crippen LogP contribution in [0, 0.1) is 0 Å². The second-order valence-electron chi connectivity index (χ2n) is 2.93. The first-order chi connectivity index (χ1) is 5.11. The van der Waals surface area contributed by atoms with E-state index in [1.807, 2.05) is 11.9 Å². The molecule has 1 unspecified atom stereocenters. The van der Waals surface area contributed by atoms with Crippen molar-refractivity contribution in [1.82, 2.24) is 9.80 Å². The predicted octanol–water partition coefficient (Wildman–Crippen LogP) is -0.901. The molecule has 1 amide bonds. The van der Waals surface area contributed by atoms with Gasteiger partial charge in [-0.05, 0) is 7.05 Å². The molecular formula is C7H14N2O2. The molecule has 0 radical (unpaired) electrons. The number of nitrogens with zero attached hydrogens (tertiary/aromatic N) is 2. The van der Waals surface area contributed by atoms with E-state index in [4.69, 9.17) is 0 Å². The molecule has 0 aromatic heterocycles. The van der Waals surface area contributed by atoms with E-state index in [2.05, 4.69) is 0 Å². The molecule has 4 heteroatoms. The highest BCUT2D eigenvalue weighted by molar-refractivity contribution is 5.73. The molecule has 1 heterocycles. The number of piperazine rings is 1. The number of hydrogen-bond donors (Lipinski definition) is 1. The Morgan fingerprint density at radius 3 is 2.64 bits per heavy atom. The summed E-state index contributed by atoms with van der Waals surface area (Å²) < 4.78 is 0. The topological polar surface area (TPSA) is 43.8 Å². The molecule has 1 saturated heterocycles. The third-order valence-corrected chi connectivity index (χ3v) is 2.06. The van der Waals surface area contributed by atoms with Crippen molar-refractivity contribution in [2.75, 3.05) is 26.7 Å². The monoisotopic (exact) mass is 158 g/mol. The van der Waals surface area contributed by atoms with Crippen molar-refractivity contribution in [3.8, 4) is 0 Å². The van der Waals surface area contributed by atoms with E-state index in [-0.39, 0.29) is 5.91 Å². The first-order valence-electron chi connectivity index (χ1n) is 3.75. The summed E-state index contributed by atoms with van der Waals surface area (Å²) in [6, 6.07) is 0. The Labute approximate surface area is 66.4 Å². The fourth-order valence-electron chi connectivity index (χ4n) is 1.14. The Morgan fingerprint density at radius 2 is 2.18 bits per heavy atom. The maximum Gasteiger partial charge on any atom is 0.219 e. The van der Waals surface area contributed by atoms with Crippen LogP contribution in [0.15, 0.2) is 0 Å². The van der Waals surface area contributed by atoms with Crippen molar-refractivity contribution in [2.45, 2.75) is 13.2 Å². The first kappa shape index (κ1) is 8.49. The van der Waals surface area contributed by atoms with Gasteiger partial charge in [0.2, 0.25) is 5.91 Å². The van der Waals surface area contributed by atoms with Gasteiger partial charge in [-0.1, -0.05) is 0 Å². The zero-order chi connectivity index (χ0) is 8.43. The van der Waals surface area contributed by atoms with Gasteiger partial charge in [-0.2, -0.15) is 0 Å². The van der Waals surface area contributed by atoms with Crippen LogP contribution in [0.25, 0.3) is 0 Å². The van der Waals surface area contributed by atoms with E-state index in [0.29, 0.717) is 6.54 Å². The van der Waals surface area contributed by atoms with Crippen molar-refractivity contribution >= 4 is 5.91 Å². The zero-order valence-corrected chi connectivity index (χ0v) is 6.95. The number of aliphatic hydroxyl groups excluding tert-OH is 1. The minimum atomic E-state index is -0.493. The highest BCUT2D eigenvalue weighted by Crippen LogP contribution is 2.04. The Hall–Kier alpha value is -0.610. The highest BCUT2D eigenvalue weighted by atomic mass is 16.3. The molecule has 0 saturated carbocycles. The molecule has 64 valence electrons. The second-order valence-corrected chi connectivity index (χ2v) is 2.93. The number of aliphatic hydroxyl groups is 1. The van der Waals surface area contributed by atoms with Gasteiger partial charge in [0.25, 0.3) is 0 Å². The van der Waals surface area contributed by atoms with Gasteiger partial charge >= 0.3 is 0 Å². The number of carbonyl (C=O) groups excluding carboxylic acids is 1. The van der Waals surface area contributed by atoms with E-state index < -0.39 is 6.23 Å². The van der Waals surface area contributed by atoms with Crippen LogP contribution in [0.5, 0.6) is 0 Å². The molecule has 1 rings (SSSR count). The molecule has 0 aromatic carbocycles. The molecule has 0 spiro atoms. The van der Waals surface area contributed by atoms with Gasteiger partial charge in [0, 0.05) is 20.0 Å². The van der Waals surface area contributed by atoms with E-state index in [1.165, 1.54) is 6.92 Å². The number of rotatable bonds is 0. The molecule has 0 aliphatic carbocycles. The van der Waals surface area contributed by atoms with Crippen LogP contribution >= 0.6 is 0 Å². The molecule has 1 N–H and O–H groups in total. The number of likely N-dealkylation sites (N-methyl/N-ethyl adjacent to an activating group) is 1. The van der Waals surface area contributed by atoms with Crippen molar-refractivity contribution < 1.29 is 9.90 Å². The van der Waals surface area contributed by atoms with Crippen molar-refractivity contribution in [3.63, 3.8) is 0 Å². The summed E-state index contributed by atoms with van der Waals surface area (Å²) >= 11 is 0. The van der Waals surface area contributed by atoms with Crippen molar-refractivity contribution in [1.29, 1.82) is 0 Å². The highest BCUT2D eigenvalue weighted by Gasteiger charge is 2.22. The lowest BCUT2D eigenvalue weighted by atomic mass is 10.3. The molecule has 1 atom stereocenters. The van der Waals surface area contributed by atoms with Gasteiger partial charge in [-0.15, -0.1) is 0 Å². The van der Waals surface area contributed by atoms with E-state index in [9.17, 15) is 9.90 Å². The third-order valence-electron chi connectivity index (χ3n) is 2.06. The average molecular weight is 158 g/mol. The van der Waals surface area contributed by atoms with Gasteiger partial charge < -0.3 is 10.0 Å². The molecule has 1 aliphatic rings. The smallest absolute Gasteiger partial charge is 0.219 e. The molecule has 1 aliphatic heterocycles. The SMILES string of the molecule is CC(=O)N1CCN(C)C(O)C1. The fraction of sp³-hybridized carbons (Fsp3) is 0.857. The van der Waals surface area contributed by atoms with E-state index in [1.54, 1.807) is 4.90 Å². The minimum Gasteiger partial charge on any atom is -0.377 e. The maximum absolute atomic E-state index is 10.8. The first-order valence-corrected chi connectivity index (χ1v) is 3.75. The summed E-state index contributed by atoms with van der Waals surface area (Å²) in [6.45, 7) is 3.44. The Kier molecular flexibility index (Phi) is 2.46. The van der Waals surface area contributed by atoms with Crippen LogP contribution in [0.3, 0.4) is 0 Å². The predicted molar refractivity (Wildman–Crippen MR) is 40.9 cm³/mol. The molecular weight excluding hydrogens is 144 g/mol. The number of β-amino-alcohol motifs (C(OH)–C–C–N with tert-alkyl or cyclic N) is 1. The lowest BCUT2D eigenvalue weighted by Crippen LogP contribution is -2.52. The largest absolute Gasteiger partial charge is 0.377 e. The number of amides is 1. The van der Waals surface area contributed by atoms with Crippen LogP contribution in [-0.4, -0.2) is 53.7 Å². The van der Waals surface area contributed by atoms with Crippen LogP contribution in [0.4, 0.5) is 0 Å². The summed E-state index contributed by atoms with van der Waals surface area (Å²) in [5.74, 6) is 0.0390. The van der Waals surface area contributed by atoms with Gasteiger partial charge in [0.1, 0.15) is 6.23 Å². The minimum absolute atomic E-state index is 0.0390. The lowest BCUT2D eigenvalue weighted by Gasteiger charge is -2.35. The summed E-state index contributed by atoms with van der Waals surface area (Å²) in [5.41, 5.74) is 0. The van der Waals surface area contributed by atoms with Crippen molar-refractivity contribution in [2.24, 2.45) is 0 Å². The Bertz CT molecular complexity index is 161. The fourth-order valence-corrected chi connectivity index (χ4v) is 1.14. The summed E-state index contributed by atoms with van der Waals surface area (Å²) in [6.07, 6.45) is -0.493. The Morgan fingerprint density at radius 1 is 1.55 bits per heavy atom. The van der Waals surface area contributed by atoms with Crippen LogP contribution in [0.1, 0.15) is 6.92 Å². The van der Waals surface area contributed by atoms with Gasteiger partial charge in [0.05, 0.1) is 6.54 Å². The van der Waals surface area contributed by atoms with Gasteiger partial charge in [-0.25, -0.2) is 0 Å². The second kappa shape index (κ2) is 3.19. The van der Waals surface area contributed by atoms with Gasteiger partial charge in [-0.3, -0.25) is 9.69 Å². The molecule has 1 fully saturated rings. The zero-order valence-electron chi connectivity index (χ0n) is 6.95. The number of carbonyl (C=O) groups is 1. The van der Waals surface area contributed by atoms with Crippen LogP contribution in [0.2, 0.25) is 0 Å². The van der Waals surface area contributed by atoms with Crippen LogP contribution < -0.4 is 0 Å². The van der Waals surface area contributed by atoms with E-state index in [0.717, 1.165) is 13.1 Å². The molecule has 11 heavy (non-hydrogen) atoms. The summed E-state index contributed by atoms with van der Waals surface area (Å²) in [5, 5.41) is 9.33. The number of hydrogen-bond acceptors (Lipinski definition) is 3. The summed E-state index contributed by atoms with van der Waals surface area (Å²) in [4.78, 5) is 14.3. The van der Waals surface area contributed by atoms with E-state index >= 15 is 0 Å². The lowest BCUT2D eigenvalue weighted by molar-refractivity contribution is -0.136. The average Bonchev–Trinajstić information content (AvgIpc) is 1.94.